The number of rotatable bonds is 3. The van der Waals surface area contributed by atoms with E-state index < -0.39 is 17.4 Å². The Balaban J connectivity index is 2.39. The molecule has 0 bridgehead atoms. The lowest BCUT2D eigenvalue weighted by molar-refractivity contribution is -0.137. The van der Waals surface area contributed by atoms with E-state index >= 15 is 0 Å². The average molecular weight is 305 g/mol. The predicted octanol–water partition coefficient (Wildman–Crippen LogP) is 1.74. The number of nitrogens with one attached hydrogen (secondary N) is 1. The molecule has 0 fully saturated rings. The third kappa shape index (κ3) is 2.95. The van der Waals surface area contributed by atoms with Gasteiger partial charge in [-0.25, -0.2) is 14.9 Å². The van der Waals surface area contributed by atoms with Gasteiger partial charge in [-0.05, 0) is 30.8 Å². The van der Waals surface area contributed by atoms with Gasteiger partial charge in [-0.2, -0.15) is 13.2 Å². The number of aromatic nitrogens is 4. The van der Waals surface area contributed by atoms with E-state index in [-0.39, 0.29) is 16.0 Å². The molecule has 0 spiro atoms. The fourth-order valence-electron chi connectivity index (χ4n) is 1.50. The van der Waals surface area contributed by atoms with Crippen LogP contribution in [-0.2, 0) is 12.7 Å². The molecule has 0 aliphatic rings. The van der Waals surface area contributed by atoms with Gasteiger partial charge in [-0.3, -0.25) is 4.57 Å². The number of H-pyrrole nitrogens is 1. The van der Waals surface area contributed by atoms with Crippen LogP contribution in [0, 0.1) is 0 Å². The highest BCUT2D eigenvalue weighted by atomic mass is 32.2. The molecule has 0 aliphatic carbocycles. The molecular formula is C10H10F3N5OS. The van der Waals surface area contributed by atoms with E-state index in [1.165, 1.54) is 4.57 Å². The van der Waals surface area contributed by atoms with Crippen molar-refractivity contribution in [3.63, 3.8) is 0 Å². The Labute approximate surface area is 115 Å². The van der Waals surface area contributed by atoms with Gasteiger partial charge in [0, 0.05) is 6.54 Å². The number of hydrogen-bond acceptors (Lipinski definition) is 5. The van der Waals surface area contributed by atoms with E-state index in [0.717, 1.165) is 23.9 Å². The number of nitrogen functional groups attached to an aromatic ring is 1. The second-order valence-corrected chi connectivity index (χ2v) is 4.76. The normalized spacial score (nSPS) is 11.8. The standard InChI is InChI=1S/C10H10F3N5OS/c1-2-18-8(19)16-17-9(18)20-7-4-5(10(11,12)13)3-6(14)15-7/h3-4H,2H2,1H3,(H2,14,15)(H,16,19). The topological polar surface area (TPSA) is 89.6 Å². The maximum absolute atomic E-state index is 12.7. The van der Waals surface area contributed by atoms with Gasteiger partial charge in [0.1, 0.15) is 10.8 Å². The van der Waals surface area contributed by atoms with Crippen molar-refractivity contribution in [3.05, 3.63) is 28.2 Å². The summed E-state index contributed by atoms with van der Waals surface area (Å²) in [7, 11) is 0. The second kappa shape index (κ2) is 5.19. The van der Waals surface area contributed by atoms with E-state index in [4.69, 9.17) is 5.73 Å². The fourth-order valence-corrected chi connectivity index (χ4v) is 2.43. The van der Waals surface area contributed by atoms with Gasteiger partial charge in [0.25, 0.3) is 0 Å². The van der Waals surface area contributed by atoms with Crippen molar-refractivity contribution < 1.29 is 13.2 Å². The van der Waals surface area contributed by atoms with E-state index in [1.54, 1.807) is 6.92 Å². The lowest BCUT2D eigenvalue weighted by atomic mass is 10.2. The highest BCUT2D eigenvalue weighted by molar-refractivity contribution is 7.99. The molecule has 2 aromatic heterocycles. The smallest absolute Gasteiger partial charge is 0.384 e. The zero-order valence-electron chi connectivity index (χ0n) is 10.2. The molecule has 0 aromatic carbocycles. The number of nitrogens with zero attached hydrogens (tertiary/aromatic N) is 3. The van der Waals surface area contributed by atoms with Gasteiger partial charge in [-0.1, -0.05) is 0 Å². The molecule has 2 aromatic rings. The molecule has 20 heavy (non-hydrogen) atoms. The molecular weight excluding hydrogens is 295 g/mol. The summed E-state index contributed by atoms with van der Waals surface area (Å²) in [6, 6.07) is 1.61. The van der Waals surface area contributed by atoms with Crippen LogP contribution in [0.3, 0.4) is 0 Å². The molecule has 2 rings (SSSR count). The molecule has 0 unspecified atom stereocenters. The largest absolute Gasteiger partial charge is 0.416 e. The van der Waals surface area contributed by atoms with Crippen LogP contribution >= 0.6 is 11.8 Å². The minimum Gasteiger partial charge on any atom is -0.384 e. The molecule has 6 nitrogen and oxygen atoms in total. The number of anilines is 1. The number of hydrogen-bond donors (Lipinski definition) is 2. The number of nitrogens with two attached hydrogens (primary N) is 1. The van der Waals surface area contributed by atoms with Crippen LogP contribution in [0.15, 0.2) is 27.1 Å². The number of alkyl halides is 3. The Kier molecular flexibility index (Phi) is 3.75. The van der Waals surface area contributed by atoms with Crippen molar-refractivity contribution >= 4 is 17.6 Å². The molecule has 0 aliphatic heterocycles. The Morgan fingerprint density at radius 2 is 2.15 bits per heavy atom. The lowest BCUT2D eigenvalue weighted by Gasteiger charge is -2.09. The summed E-state index contributed by atoms with van der Waals surface area (Å²) in [4.78, 5) is 15.2. The number of aromatic amines is 1. The first-order chi connectivity index (χ1) is 9.31. The van der Waals surface area contributed by atoms with E-state index in [1.807, 2.05) is 0 Å². The fraction of sp³-hybridized carbons (Fsp3) is 0.300. The van der Waals surface area contributed by atoms with Crippen LogP contribution in [0.1, 0.15) is 12.5 Å². The zero-order chi connectivity index (χ0) is 14.9. The Morgan fingerprint density at radius 3 is 2.75 bits per heavy atom. The monoisotopic (exact) mass is 305 g/mol. The minimum absolute atomic E-state index is 0.0195. The summed E-state index contributed by atoms with van der Waals surface area (Å²) in [6.07, 6.45) is -4.51. The first-order valence-electron chi connectivity index (χ1n) is 5.49. The van der Waals surface area contributed by atoms with Gasteiger partial charge in [-0.15, -0.1) is 5.10 Å². The van der Waals surface area contributed by atoms with Gasteiger partial charge < -0.3 is 5.73 Å². The minimum atomic E-state index is -4.51. The quantitative estimate of drug-likeness (QED) is 0.901. The Bertz CT molecular complexity index is 678. The zero-order valence-corrected chi connectivity index (χ0v) is 11.0. The summed E-state index contributed by atoms with van der Waals surface area (Å²) in [6.45, 7) is 2.06. The van der Waals surface area contributed by atoms with Crippen LogP contribution in [-0.4, -0.2) is 19.7 Å². The molecule has 10 heteroatoms. The van der Waals surface area contributed by atoms with Crippen molar-refractivity contribution in [2.75, 3.05) is 5.73 Å². The van der Waals surface area contributed by atoms with Crippen molar-refractivity contribution in [2.24, 2.45) is 0 Å². The van der Waals surface area contributed by atoms with Crippen LogP contribution in [0.4, 0.5) is 19.0 Å². The van der Waals surface area contributed by atoms with Crippen molar-refractivity contribution in [2.45, 2.75) is 29.8 Å². The third-order valence-corrected chi connectivity index (χ3v) is 3.30. The number of pyridine rings is 1. The predicted molar refractivity (Wildman–Crippen MR) is 66.3 cm³/mol. The van der Waals surface area contributed by atoms with Crippen LogP contribution < -0.4 is 11.4 Å². The average Bonchev–Trinajstić information content (AvgIpc) is 2.68. The summed E-state index contributed by atoms with van der Waals surface area (Å²) in [5, 5.41) is 6.20. The van der Waals surface area contributed by atoms with Gasteiger partial charge in [0.15, 0.2) is 5.16 Å². The summed E-state index contributed by atoms with van der Waals surface area (Å²) in [5.74, 6) is -0.247. The molecule has 0 amide bonds. The molecule has 3 N–H and O–H groups in total. The highest BCUT2D eigenvalue weighted by Gasteiger charge is 2.31. The first-order valence-corrected chi connectivity index (χ1v) is 6.30. The summed E-state index contributed by atoms with van der Waals surface area (Å²) < 4.78 is 39.3. The van der Waals surface area contributed by atoms with Gasteiger partial charge >= 0.3 is 11.9 Å². The number of halogens is 3. The molecule has 0 atom stereocenters. The molecule has 2 heterocycles. The first kappa shape index (κ1) is 14.4. The molecule has 0 radical (unpaired) electrons. The van der Waals surface area contributed by atoms with Crippen LogP contribution in [0.25, 0.3) is 0 Å². The Morgan fingerprint density at radius 1 is 1.45 bits per heavy atom. The molecule has 0 saturated carbocycles. The van der Waals surface area contributed by atoms with E-state index in [2.05, 4.69) is 15.2 Å². The third-order valence-electron chi connectivity index (χ3n) is 2.38. The van der Waals surface area contributed by atoms with E-state index in [9.17, 15) is 18.0 Å². The highest BCUT2D eigenvalue weighted by Crippen LogP contribution is 2.33. The van der Waals surface area contributed by atoms with Crippen molar-refractivity contribution in [1.82, 2.24) is 19.7 Å². The SMILES string of the molecule is CCn1c(Sc2cc(C(F)(F)F)cc(N)n2)n[nH]c1=O. The maximum Gasteiger partial charge on any atom is 0.416 e. The summed E-state index contributed by atoms with van der Waals surface area (Å²) in [5.41, 5.74) is 4.03. The second-order valence-electron chi connectivity index (χ2n) is 3.77. The van der Waals surface area contributed by atoms with Gasteiger partial charge in [0.2, 0.25) is 0 Å². The Hall–Kier alpha value is -1.97. The van der Waals surface area contributed by atoms with Crippen LogP contribution in [0.5, 0.6) is 0 Å². The van der Waals surface area contributed by atoms with E-state index in [0.29, 0.717) is 6.54 Å². The molecule has 0 saturated heterocycles. The van der Waals surface area contributed by atoms with Gasteiger partial charge in [0.05, 0.1) is 5.56 Å². The van der Waals surface area contributed by atoms with Crippen LogP contribution in [0.2, 0.25) is 0 Å². The lowest BCUT2D eigenvalue weighted by Crippen LogP contribution is -2.16. The van der Waals surface area contributed by atoms with Crippen molar-refractivity contribution in [3.8, 4) is 0 Å². The summed E-state index contributed by atoms with van der Waals surface area (Å²) >= 11 is 0.834. The maximum atomic E-state index is 12.7. The van der Waals surface area contributed by atoms with Crippen molar-refractivity contribution in [1.29, 1.82) is 0 Å². The molecule has 108 valence electrons.